The molecule has 122 valence electrons. The Labute approximate surface area is 138 Å². The van der Waals surface area contributed by atoms with Gasteiger partial charge < -0.3 is 9.64 Å². The van der Waals surface area contributed by atoms with Crippen LogP contribution in [0.1, 0.15) is 18.4 Å². The molecule has 0 amide bonds. The first-order valence-electron chi connectivity index (χ1n) is 7.75. The highest BCUT2D eigenvalue weighted by Crippen LogP contribution is 2.31. The summed E-state index contributed by atoms with van der Waals surface area (Å²) in [5.41, 5.74) is 2.39. The van der Waals surface area contributed by atoms with Crippen LogP contribution in [0.4, 0.5) is 14.5 Å². The average Bonchev–Trinajstić information content (AvgIpc) is 2.52. The lowest BCUT2D eigenvalue weighted by atomic mass is 10.0. The molecule has 22 heavy (non-hydrogen) atoms. The minimum absolute atomic E-state index is 0.0313. The molecule has 0 saturated carbocycles. The van der Waals surface area contributed by atoms with Crippen LogP contribution >= 0.6 is 15.9 Å². The summed E-state index contributed by atoms with van der Waals surface area (Å²) in [6, 6.07) is 6.25. The Hall–Kier alpha value is -0.720. The van der Waals surface area contributed by atoms with Gasteiger partial charge in [-0.3, -0.25) is 4.90 Å². The summed E-state index contributed by atoms with van der Waals surface area (Å²) < 4.78 is 33.0. The van der Waals surface area contributed by atoms with Gasteiger partial charge in [0.15, 0.2) is 0 Å². The van der Waals surface area contributed by atoms with E-state index in [-0.39, 0.29) is 12.8 Å². The van der Waals surface area contributed by atoms with Gasteiger partial charge in [-0.1, -0.05) is 22.0 Å². The highest BCUT2D eigenvalue weighted by Gasteiger charge is 2.34. The Bertz CT molecular complexity index is 511. The van der Waals surface area contributed by atoms with Crippen molar-refractivity contribution in [1.29, 1.82) is 0 Å². The van der Waals surface area contributed by atoms with Crippen LogP contribution in [0.5, 0.6) is 0 Å². The molecule has 2 heterocycles. The number of nitrogens with zero attached hydrogens (tertiary/aromatic N) is 2. The van der Waals surface area contributed by atoms with Crippen LogP contribution in [-0.2, 0) is 11.3 Å². The number of halogens is 3. The number of likely N-dealkylation sites (tertiary alicyclic amines) is 1. The molecule has 0 atom stereocenters. The Morgan fingerprint density at radius 3 is 2.45 bits per heavy atom. The van der Waals surface area contributed by atoms with Gasteiger partial charge in [-0.2, -0.15) is 0 Å². The van der Waals surface area contributed by atoms with E-state index in [2.05, 4.69) is 37.9 Å². The van der Waals surface area contributed by atoms with Crippen LogP contribution in [0.2, 0.25) is 0 Å². The summed E-state index contributed by atoms with van der Waals surface area (Å²) in [7, 11) is 0. The van der Waals surface area contributed by atoms with Gasteiger partial charge in [0.2, 0.25) is 0 Å². The Balaban J connectivity index is 1.73. The van der Waals surface area contributed by atoms with Crippen LogP contribution in [0.15, 0.2) is 22.7 Å². The maximum absolute atomic E-state index is 13.3. The van der Waals surface area contributed by atoms with E-state index in [0.717, 1.165) is 37.3 Å². The Morgan fingerprint density at radius 2 is 1.77 bits per heavy atom. The molecular formula is C16H21BrF2N2O. The molecular weight excluding hydrogens is 354 g/mol. The molecule has 1 aromatic rings. The van der Waals surface area contributed by atoms with Crippen molar-refractivity contribution in [3.05, 3.63) is 28.2 Å². The highest BCUT2D eigenvalue weighted by atomic mass is 79.9. The highest BCUT2D eigenvalue weighted by molar-refractivity contribution is 9.10. The lowest BCUT2D eigenvalue weighted by Crippen LogP contribution is -2.40. The van der Waals surface area contributed by atoms with Crippen LogP contribution in [0.25, 0.3) is 0 Å². The fourth-order valence-corrected chi connectivity index (χ4v) is 3.40. The summed E-state index contributed by atoms with van der Waals surface area (Å²) in [4.78, 5) is 4.45. The first-order valence-corrected chi connectivity index (χ1v) is 8.54. The van der Waals surface area contributed by atoms with E-state index in [9.17, 15) is 8.78 Å². The SMILES string of the molecule is FC1(F)CCN(Cc2ccc(Br)cc2N2CCOCC2)CC1. The number of hydrogen-bond donors (Lipinski definition) is 0. The number of alkyl halides is 2. The van der Waals surface area contributed by atoms with Crippen molar-refractivity contribution in [3.8, 4) is 0 Å². The molecule has 2 saturated heterocycles. The molecule has 0 unspecified atom stereocenters. The molecule has 1 aromatic carbocycles. The van der Waals surface area contributed by atoms with E-state index < -0.39 is 5.92 Å². The number of anilines is 1. The molecule has 0 aliphatic carbocycles. The summed E-state index contributed by atoms with van der Waals surface area (Å²) >= 11 is 3.53. The van der Waals surface area contributed by atoms with Gasteiger partial charge in [-0.05, 0) is 17.7 Å². The van der Waals surface area contributed by atoms with Crippen molar-refractivity contribution >= 4 is 21.6 Å². The second-order valence-corrected chi connectivity index (χ2v) is 6.92. The largest absolute Gasteiger partial charge is 0.378 e. The fraction of sp³-hybridized carbons (Fsp3) is 0.625. The van der Waals surface area contributed by atoms with E-state index in [1.807, 2.05) is 6.07 Å². The summed E-state index contributed by atoms with van der Waals surface area (Å²) in [6.07, 6.45) is -0.0627. The number of ether oxygens (including phenoxy) is 1. The third kappa shape index (κ3) is 3.97. The van der Waals surface area contributed by atoms with E-state index in [1.54, 1.807) is 0 Å². The van der Waals surface area contributed by atoms with Gasteiger partial charge in [0.05, 0.1) is 13.2 Å². The fourth-order valence-electron chi connectivity index (χ4n) is 3.05. The van der Waals surface area contributed by atoms with Crippen molar-refractivity contribution in [2.75, 3.05) is 44.3 Å². The number of morpholine rings is 1. The maximum atomic E-state index is 13.3. The minimum Gasteiger partial charge on any atom is -0.378 e. The van der Waals surface area contributed by atoms with E-state index in [4.69, 9.17) is 4.74 Å². The molecule has 6 heteroatoms. The standard InChI is InChI=1S/C16H21BrF2N2O/c17-14-2-1-13(12-20-5-3-16(18,19)4-6-20)15(11-14)21-7-9-22-10-8-21/h1-2,11H,3-10,12H2. The van der Waals surface area contributed by atoms with Gasteiger partial charge in [0.25, 0.3) is 5.92 Å². The molecule has 0 aromatic heterocycles. The smallest absolute Gasteiger partial charge is 0.250 e. The molecule has 3 rings (SSSR count). The zero-order chi connectivity index (χ0) is 15.6. The normalized spacial score (nSPS) is 22.8. The predicted molar refractivity (Wildman–Crippen MR) is 86.6 cm³/mol. The predicted octanol–water partition coefficient (Wildman–Crippen LogP) is 3.52. The first-order chi connectivity index (χ1) is 10.5. The molecule has 0 spiro atoms. The van der Waals surface area contributed by atoms with Gasteiger partial charge in [0.1, 0.15) is 0 Å². The van der Waals surface area contributed by atoms with Crippen molar-refractivity contribution < 1.29 is 13.5 Å². The first kappa shape index (κ1) is 16.1. The van der Waals surface area contributed by atoms with Crippen LogP contribution in [0, 0.1) is 0 Å². The average molecular weight is 375 g/mol. The minimum atomic E-state index is -2.48. The lowest BCUT2D eigenvalue weighted by Gasteiger charge is -2.34. The monoisotopic (exact) mass is 374 g/mol. The van der Waals surface area contributed by atoms with Crippen molar-refractivity contribution in [2.45, 2.75) is 25.3 Å². The van der Waals surface area contributed by atoms with E-state index in [1.165, 1.54) is 11.3 Å². The number of hydrogen-bond acceptors (Lipinski definition) is 3. The van der Waals surface area contributed by atoms with E-state index >= 15 is 0 Å². The van der Waals surface area contributed by atoms with Gasteiger partial charge in [0, 0.05) is 55.7 Å². The topological polar surface area (TPSA) is 15.7 Å². The number of benzene rings is 1. The van der Waals surface area contributed by atoms with Gasteiger partial charge >= 0.3 is 0 Å². The van der Waals surface area contributed by atoms with Crippen LogP contribution in [0.3, 0.4) is 0 Å². The quantitative estimate of drug-likeness (QED) is 0.804. The molecule has 2 aliphatic rings. The maximum Gasteiger partial charge on any atom is 0.250 e. The Kier molecular flexibility index (Phi) is 5.00. The molecule has 0 bridgehead atoms. The van der Waals surface area contributed by atoms with Gasteiger partial charge in [-0.15, -0.1) is 0 Å². The van der Waals surface area contributed by atoms with E-state index in [0.29, 0.717) is 13.1 Å². The lowest BCUT2D eigenvalue weighted by molar-refractivity contribution is -0.0566. The number of rotatable bonds is 3. The van der Waals surface area contributed by atoms with Crippen LogP contribution in [-0.4, -0.2) is 50.2 Å². The zero-order valence-corrected chi connectivity index (χ0v) is 14.1. The van der Waals surface area contributed by atoms with Gasteiger partial charge in [-0.25, -0.2) is 8.78 Å². The molecule has 3 nitrogen and oxygen atoms in total. The third-order valence-electron chi connectivity index (χ3n) is 4.38. The molecule has 2 aliphatic heterocycles. The zero-order valence-electron chi connectivity index (χ0n) is 12.5. The second kappa shape index (κ2) is 6.81. The molecule has 2 fully saturated rings. The third-order valence-corrected chi connectivity index (χ3v) is 4.87. The number of piperidine rings is 1. The molecule has 0 N–H and O–H groups in total. The van der Waals surface area contributed by atoms with Crippen molar-refractivity contribution in [3.63, 3.8) is 0 Å². The molecule has 0 radical (unpaired) electrons. The van der Waals surface area contributed by atoms with Crippen molar-refractivity contribution in [2.24, 2.45) is 0 Å². The summed E-state index contributed by atoms with van der Waals surface area (Å²) in [5.74, 6) is -2.48. The Morgan fingerprint density at radius 1 is 1.09 bits per heavy atom. The summed E-state index contributed by atoms with van der Waals surface area (Å²) in [5, 5.41) is 0. The van der Waals surface area contributed by atoms with Crippen LogP contribution < -0.4 is 4.90 Å². The van der Waals surface area contributed by atoms with Crippen molar-refractivity contribution in [1.82, 2.24) is 4.90 Å². The summed E-state index contributed by atoms with van der Waals surface area (Å²) in [6.45, 7) is 4.89. The second-order valence-electron chi connectivity index (χ2n) is 6.00.